The number of pyridine rings is 1. The zero-order chi connectivity index (χ0) is 48.3. The highest BCUT2D eigenvalue weighted by molar-refractivity contribution is 6.34. The molecule has 2 unspecified atom stereocenters. The topological polar surface area (TPSA) is 106 Å². The minimum absolute atomic E-state index is 0.0251. The number of aromatic nitrogens is 3. The van der Waals surface area contributed by atoms with Crippen LogP contribution < -0.4 is 24.0 Å². The molecule has 5 aromatic rings. The molecule has 0 saturated carbocycles. The number of carbonyl (C=O) groups is 1. The number of alkyl halides is 4. The minimum atomic E-state index is -4.98. The normalized spacial score (nSPS) is 21.6. The van der Waals surface area contributed by atoms with Crippen molar-refractivity contribution in [1.29, 1.82) is 0 Å². The van der Waals surface area contributed by atoms with Crippen LogP contribution in [0.4, 0.5) is 38.4 Å². The molecule has 68 heavy (non-hydrogen) atoms. The Balaban J connectivity index is 1.17. The molecule has 1 amide bonds. The smallest absolute Gasteiger partial charge is 0.418 e. The minimum Gasteiger partial charge on any atom is -0.497 e. The van der Waals surface area contributed by atoms with Crippen LogP contribution in [0.3, 0.4) is 0 Å². The second-order valence-corrected chi connectivity index (χ2v) is 19.8. The van der Waals surface area contributed by atoms with E-state index in [1.807, 2.05) is 29.2 Å². The van der Waals surface area contributed by atoms with E-state index in [0.717, 1.165) is 17.5 Å². The molecule has 0 N–H and O–H groups in total. The standard InChI is InChI=1S/C50H55ClF5N7O5/c1-29-20-39(60(23-30-8-14-35(65-5)15-9-30)24-31-10-16-36(66-6)17-11-31)57-44(41(29)50(54,55)56)40-38(51)21-37-43(42(40)53)58-46(67-28-49-18-7-19-62(49)25-32(52)22-49)59-45(37)61-26-33-12-13-34(27-61)63(33)47(64)68-48(2,3)4/h8-11,14-17,20-21,32-34H,7,12-13,18-19,22-28H2,1-6H3/t32-,33?,34?,49-/m0/s1. The van der Waals surface area contributed by atoms with E-state index >= 15 is 17.6 Å². The third-order valence-corrected chi connectivity index (χ3v) is 13.9. The van der Waals surface area contributed by atoms with Crippen LogP contribution in [0.2, 0.25) is 5.02 Å². The van der Waals surface area contributed by atoms with Gasteiger partial charge in [0.15, 0.2) is 5.82 Å². The monoisotopic (exact) mass is 963 g/mol. The number of halogens is 6. The van der Waals surface area contributed by atoms with E-state index < -0.39 is 52.2 Å². The zero-order valence-electron chi connectivity index (χ0n) is 38.9. The average Bonchev–Trinajstić information content (AvgIpc) is 3.91. The summed E-state index contributed by atoms with van der Waals surface area (Å²) < 4.78 is 102. The summed E-state index contributed by atoms with van der Waals surface area (Å²) in [5.41, 5.74) is -2.67. The number of hydrogen-bond donors (Lipinski definition) is 0. The number of piperazine rings is 1. The molecule has 4 fully saturated rings. The molecule has 0 spiro atoms. The van der Waals surface area contributed by atoms with Gasteiger partial charge >= 0.3 is 18.3 Å². The summed E-state index contributed by atoms with van der Waals surface area (Å²) in [7, 11) is 3.11. The van der Waals surface area contributed by atoms with Gasteiger partial charge in [0.2, 0.25) is 0 Å². The first-order valence-electron chi connectivity index (χ1n) is 22.9. The van der Waals surface area contributed by atoms with Gasteiger partial charge in [-0.25, -0.2) is 18.6 Å². The maximum Gasteiger partial charge on any atom is 0.418 e. The zero-order valence-corrected chi connectivity index (χ0v) is 39.7. The number of aryl methyl sites for hydroxylation is 1. The molecule has 2 aromatic heterocycles. The summed E-state index contributed by atoms with van der Waals surface area (Å²) in [6, 6.07) is 16.5. The number of hydrogen-bond acceptors (Lipinski definition) is 11. The fourth-order valence-electron chi connectivity index (χ4n) is 10.5. The number of anilines is 2. The van der Waals surface area contributed by atoms with Crippen molar-refractivity contribution in [3.8, 4) is 28.8 Å². The van der Waals surface area contributed by atoms with Gasteiger partial charge in [-0.15, -0.1) is 0 Å². The Bertz CT molecular complexity index is 2620. The van der Waals surface area contributed by atoms with Crippen molar-refractivity contribution in [3.63, 3.8) is 0 Å². The predicted molar refractivity (Wildman–Crippen MR) is 249 cm³/mol. The largest absolute Gasteiger partial charge is 0.497 e. The fourth-order valence-corrected chi connectivity index (χ4v) is 10.8. The quantitative estimate of drug-likeness (QED) is 0.112. The van der Waals surface area contributed by atoms with Crippen LogP contribution in [-0.4, -0.2) is 107 Å². The summed E-state index contributed by atoms with van der Waals surface area (Å²) >= 11 is 7.03. The molecule has 4 saturated heterocycles. The van der Waals surface area contributed by atoms with E-state index in [0.29, 0.717) is 50.4 Å². The summed E-state index contributed by atoms with van der Waals surface area (Å²) in [4.78, 5) is 35.0. The molecule has 6 heterocycles. The Hall–Kier alpha value is -5.68. The third kappa shape index (κ3) is 9.39. The molecule has 3 aromatic carbocycles. The van der Waals surface area contributed by atoms with Gasteiger partial charge in [-0.3, -0.25) is 9.80 Å². The van der Waals surface area contributed by atoms with E-state index in [4.69, 9.17) is 35.5 Å². The maximum atomic E-state index is 17.9. The first-order valence-corrected chi connectivity index (χ1v) is 23.3. The van der Waals surface area contributed by atoms with Gasteiger partial charge in [-0.1, -0.05) is 35.9 Å². The summed E-state index contributed by atoms with van der Waals surface area (Å²) in [5, 5.41) is -0.197. The van der Waals surface area contributed by atoms with Gasteiger partial charge in [-0.05, 0) is 113 Å². The van der Waals surface area contributed by atoms with Gasteiger partial charge in [0.1, 0.15) is 47.0 Å². The van der Waals surface area contributed by atoms with Crippen molar-refractivity contribution in [2.75, 3.05) is 56.8 Å². The van der Waals surface area contributed by atoms with Crippen LogP contribution in [0.15, 0.2) is 60.7 Å². The van der Waals surface area contributed by atoms with Crippen LogP contribution in [0.1, 0.15) is 75.1 Å². The number of rotatable bonds is 12. The van der Waals surface area contributed by atoms with Gasteiger partial charge in [-0.2, -0.15) is 23.1 Å². The highest BCUT2D eigenvalue weighted by atomic mass is 35.5. The van der Waals surface area contributed by atoms with Crippen molar-refractivity contribution in [1.82, 2.24) is 24.8 Å². The third-order valence-electron chi connectivity index (χ3n) is 13.6. The van der Waals surface area contributed by atoms with Crippen LogP contribution >= 0.6 is 11.6 Å². The van der Waals surface area contributed by atoms with E-state index in [9.17, 15) is 9.18 Å². The van der Waals surface area contributed by atoms with Crippen LogP contribution in [0.25, 0.3) is 22.2 Å². The van der Waals surface area contributed by atoms with Gasteiger partial charge < -0.3 is 28.7 Å². The van der Waals surface area contributed by atoms with Gasteiger partial charge in [0.05, 0.1) is 53.7 Å². The van der Waals surface area contributed by atoms with Crippen LogP contribution in [0.5, 0.6) is 17.5 Å². The Labute approximate surface area is 397 Å². The van der Waals surface area contributed by atoms with E-state index in [-0.39, 0.29) is 83.9 Å². The highest BCUT2D eigenvalue weighted by Crippen LogP contribution is 2.47. The van der Waals surface area contributed by atoms with Crippen LogP contribution in [0, 0.1) is 12.7 Å². The maximum absolute atomic E-state index is 17.9. The van der Waals surface area contributed by atoms with Crippen molar-refractivity contribution in [2.24, 2.45) is 0 Å². The molecule has 12 nitrogen and oxygen atoms in total. The number of fused-ring (bicyclic) bond motifs is 4. The fraction of sp³-hybridized carbons (Fsp3) is 0.480. The molecule has 2 bridgehead atoms. The summed E-state index contributed by atoms with van der Waals surface area (Å²) in [6.07, 6.45) is -3.28. The first kappa shape index (κ1) is 47.4. The van der Waals surface area contributed by atoms with Crippen molar-refractivity contribution < 1.29 is 45.7 Å². The van der Waals surface area contributed by atoms with Crippen molar-refractivity contribution >= 4 is 40.2 Å². The molecular formula is C50H55ClF5N7O5. The number of nitrogens with zero attached hydrogens (tertiary/aromatic N) is 7. The Kier molecular flexibility index (Phi) is 12.8. The first-order chi connectivity index (χ1) is 32.3. The Morgan fingerprint density at radius 1 is 0.897 bits per heavy atom. The molecular weight excluding hydrogens is 909 g/mol. The molecule has 4 aliphatic heterocycles. The lowest BCUT2D eigenvalue weighted by atomic mass is 9.95. The van der Waals surface area contributed by atoms with Gasteiger partial charge in [0.25, 0.3) is 0 Å². The Morgan fingerprint density at radius 2 is 1.51 bits per heavy atom. The number of benzene rings is 3. The predicted octanol–water partition coefficient (Wildman–Crippen LogP) is 10.6. The molecule has 0 aliphatic carbocycles. The number of ether oxygens (including phenoxy) is 4. The number of amides is 1. The second kappa shape index (κ2) is 18.3. The Morgan fingerprint density at radius 3 is 2.09 bits per heavy atom. The highest BCUT2D eigenvalue weighted by Gasteiger charge is 2.50. The molecule has 362 valence electrons. The van der Waals surface area contributed by atoms with Crippen molar-refractivity contribution in [2.45, 2.75) is 108 Å². The SMILES string of the molecule is COc1ccc(CN(Cc2ccc(OC)cc2)c2cc(C)c(C(F)(F)F)c(-c3c(Cl)cc4c(N5CC6CCC(C5)N6C(=O)OC(C)(C)C)nc(OC[C@@]56CCCN5C[C@@H](F)C6)nc4c3F)n2)cc1. The molecule has 4 atom stereocenters. The lowest BCUT2D eigenvalue weighted by molar-refractivity contribution is -0.137. The average molecular weight is 964 g/mol. The summed E-state index contributed by atoms with van der Waals surface area (Å²) in [6.45, 7) is 8.76. The summed E-state index contributed by atoms with van der Waals surface area (Å²) in [5.74, 6) is 0.499. The number of carbonyl (C=O) groups excluding carboxylic acids is 1. The molecule has 0 radical (unpaired) electrons. The lowest BCUT2D eigenvalue weighted by Crippen LogP contribution is -2.57. The lowest BCUT2D eigenvalue weighted by Gasteiger charge is -2.42. The molecule has 9 rings (SSSR count). The van der Waals surface area contributed by atoms with Crippen LogP contribution in [-0.2, 0) is 24.0 Å². The van der Waals surface area contributed by atoms with Crippen molar-refractivity contribution in [3.05, 3.63) is 93.8 Å². The number of methoxy groups -OCH3 is 2. The van der Waals surface area contributed by atoms with Gasteiger partial charge in [0, 0.05) is 44.5 Å². The molecule has 18 heteroatoms. The van der Waals surface area contributed by atoms with E-state index in [1.54, 1.807) is 69.1 Å². The van der Waals surface area contributed by atoms with E-state index in [1.165, 1.54) is 19.1 Å². The van der Waals surface area contributed by atoms with E-state index in [2.05, 4.69) is 14.9 Å². The molecule has 4 aliphatic rings. The second-order valence-electron chi connectivity index (χ2n) is 19.4.